The van der Waals surface area contributed by atoms with E-state index in [9.17, 15) is 5.11 Å². The maximum absolute atomic E-state index is 10.2. The number of hydrogen-bond acceptors (Lipinski definition) is 3. The van der Waals surface area contributed by atoms with Crippen LogP contribution in [0.3, 0.4) is 0 Å². The molecule has 1 unspecified atom stereocenters. The van der Waals surface area contributed by atoms with Crippen molar-refractivity contribution in [2.24, 2.45) is 7.05 Å². The molecular formula is C12H23N3O. The van der Waals surface area contributed by atoms with E-state index in [2.05, 4.69) is 17.3 Å². The van der Waals surface area contributed by atoms with Gasteiger partial charge < -0.3 is 10.4 Å². The quantitative estimate of drug-likeness (QED) is 0.683. The van der Waals surface area contributed by atoms with Gasteiger partial charge >= 0.3 is 0 Å². The molecule has 16 heavy (non-hydrogen) atoms. The van der Waals surface area contributed by atoms with Gasteiger partial charge in [0.15, 0.2) is 0 Å². The molecule has 4 nitrogen and oxygen atoms in total. The van der Waals surface area contributed by atoms with Gasteiger partial charge in [0.25, 0.3) is 0 Å². The third kappa shape index (κ3) is 4.77. The van der Waals surface area contributed by atoms with Crippen LogP contribution >= 0.6 is 0 Å². The Hall–Kier alpha value is -0.870. The van der Waals surface area contributed by atoms with Crippen molar-refractivity contribution in [3.63, 3.8) is 0 Å². The second-order valence-electron chi connectivity index (χ2n) is 4.70. The molecule has 1 heterocycles. The molecule has 0 fully saturated rings. The average Bonchev–Trinajstić information content (AvgIpc) is 2.58. The van der Waals surface area contributed by atoms with Crippen molar-refractivity contribution >= 4 is 0 Å². The van der Waals surface area contributed by atoms with Gasteiger partial charge in [-0.2, -0.15) is 5.10 Å². The van der Waals surface area contributed by atoms with Crippen LogP contribution < -0.4 is 5.32 Å². The number of nitrogens with zero attached hydrogens (tertiary/aromatic N) is 2. The monoisotopic (exact) mass is 225 g/mol. The Bertz CT molecular complexity index is 307. The summed E-state index contributed by atoms with van der Waals surface area (Å²) in [7, 11) is 1.89. The Kier molecular flexibility index (Phi) is 4.96. The van der Waals surface area contributed by atoms with Gasteiger partial charge in [0.2, 0.25) is 0 Å². The van der Waals surface area contributed by atoms with Gasteiger partial charge in [-0.3, -0.25) is 4.68 Å². The summed E-state index contributed by atoms with van der Waals surface area (Å²) < 4.78 is 1.76. The van der Waals surface area contributed by atoms with Crippen molar-refractivity contribution in [3.8, 4) is 0 Å². The second-order valence-corrected chi connectivity index (χ2v) is 4.70. The molecule has 92 valence electrons. The predicted octanol–water partition coefficient (Wildman–Crippen LogP) is 1.10. The Balaban J connectivity index is 2.33. The van der Waals surface area contributed by atoms with Crippen LogP contribution in [0.25, 0.3) is 0 Å². The first-order valence-electron chi connectivity index (χ1n) is 5.94. The molecule has 0 radical (unpaired) electrons. The van der Waals surface area contributed by atoms with E-state index >= 15 is 0 Å². The van der Waals surface area contributed by atoms with E-state index in [0.717, 1.165) is 31.5 Å². The summed E-state index contributed by atoms with van der Waals surface area (Å²) in [6.07, 6.45) is 6.32. The molecule has 1 atom stereocenters. The minimum atomic E-state index is -0.649. The highest BCUT2D eigenvalue weighted by Crippen LogP contribution is 2.15. The first-order chi connectivity index (χ1) is 7.53. The zero-order chi connectivity index (χ0) is 12.0. The molecular weight excluding hydrogens is 202 g/mol. The van der Waals surface area contributed by atoms with E-state index in [0.29, 0.717) is 6.42 Å². The van der Waals surface area contributed by atoms with E-state index in [-0.39, 0.29) is 0 Å². The number of rotatable bonds is 7. The molecule has 0 aliphatic rings. The van der Waals surface area contributed by atoms with Crippen molar-refractivity contribution in [2.45, 2.75) is 38.7 Å². The minimum Gasteiger partial charge on any atom is -0.390 e. The molecule has 1 rings (SSSR count). The van der Waals surface area contributed by atoms with Gasteiger partial charge in [0.05, 0.1) is 11.8 Å². The lowest BCUT2D eigenvalue weighted by Gasteiger charge is -2.22. The van der Waals surface area contributed by atoms with E-state index in [1.165, 1.54) is 0 Å². The summed E-state index contributed by atoms with van der Waals surface area (Å²) in [4.78, 5) is 0. The molecule has 0 bridgehead atoms. The highest BCUT2D eigenvalue weighted by atomic mass is 16.3. The Morgan fingerprint density at radius 3 is 2.81 bits per heavy atom. The van der Waals surface area contributed by atoms with Crippen molar-refractivity contribution in [1.29, 1.82) is 0 Å². The Morgan fingerprint density at radius 2 is 2.25 bits per heavy atom. The molecule has 0 spiro atoms. The molecule has 0 aliphatic heterocycles. The van der Waals surface area contributed by atoms with Crippen LogP contribution in [0.15, 0.2) is 12.4 Å². The SMILES string of the molecule is CCCNCCC(C)(O)Cc1cnn(C)c1. The second kappa shape index (κ2) is 6.01. The predicted molar refractivity (Wildman–Crippen MR) is 65.3 cm³/mol. The molecule has 0 saturated heterocycles. The third-order valence-corrected chi connectivity index (χ3v) is 2.61. The standard InChI is InChI=1S/C12H23N3O/c1-4-6-13-7-5-12(2,16)8-11-9-14-15(3)10-11/h9-10,13,16H,4-8H2,1-3H3. The lowest BCUT2D eigenvalue weighted by molar-refractivity contribution is 0.0516. The van der Waals surface area contributed by atoms with Crippen LogP contribution in [0.5, 0.6) is 0 Å². The summed E-state index contributed by atoms with van der Waals surface area (Å²) in [6.45, 7) is 5.90. The normalized spacial score (nSPS) is 15.0. The molecule has 1 aromatic rings. The van der Waals surface area contributed by atoms with Crippen molar-refractivity contribution in [1.82, 2.24) is 15.1 Å². The van der Waals surface area contributed by atoms with E-state index in [1.54, 1.807) is 4.68 Å². The molecule has 2 N–H and O–H groups in total. The highest BCUT2D eigenvalue weighted by molar-refractivity contribution is 5.07. The van der Waals surface area contributed by atoms with Crippen LogP contribution in [0.4, 0.5) is 0 Å². The van der Waals surface area contributed by atoms with Crippen LogP contribution in [0.2, 0.25) is 0 Å². The van der Waals surface area contributed by atoms with E-state index in [4.69, 9.17) is 0 Å². The third-order valence-electron chi connectivity index (χ3n) is 2.61. The fraction of sp³-hybridized carbons (Fsp3) is 0.750. The number of nitrogens with one attached hydrogen (secondary N) is 1. The topological polar surface area (TPSA) is 50.1 Å². The lowest BCUT2D eigenvalue weighted by Crippen LogP contribution is -2.32. The van der Waals surface area contributed by atoms with Gasteiger partial charge in [0.1, 0.15) is 0 Å². The number of aromatic nitrogens is 2. The Morgan fingerprint density at radius 1 is 1.50 bits per heavy atom. The van der Waals surface area contributed by atoms with Crippen molar-refractivity contribution < 1.29 is 5.11 Å². The van der Waals surface area contributed by atoms with E-state index < -0.39 is 5.60 Å². The van der Waals surface area contributed by atoms with E-state index in [1.807, 2.05) is 26.4 Å². The summed E-state index contributed by atoms with van der Waals surface area (Å²) in [5.74, 6) is 0. The first kappa shape index (κ1) is 13.2. The van der Waals surface area contributed by atoms with Gasteiger partial charge in [-0.25, -0.2) is 0 Å². The minimum absolute atomic E-state index is 0.649. The van der Waals surface area contributed by atoms with Crippen LogP contribution in [0.1, 0.15) is 32.3 Å². The fourth-order valence-electron chi connectivity index (χ4n) is 1.75. The van der Waals surface area contributed by atoms with Crippen molar-refractivity contribution in [3.05, 3.63) is 18.0 Å². The highest BCUT2D eigenvalue weighted by Gasteiger charge is 2.20. The average molecular weight is 225 g/mol. The maximum atomic E-state index is 10.2. The van der Waals surface area contributed by atoms with Gasteiger partial charge in [-0.1, -0.05) is 6.92 Å². The van der Waals surface area contributed by atoms with Crippen LogP contribution in [-0.4, -0.2) is 33.6 Å². The molecule has 0 amide bonds. The Labute approximate surface area is 97.7 Å². The number of aryl methyl sites for hydroxylation is 1. The lowest BCUT2D eigenvalue weighted by atomic mass is 9.95. The van der Waals surface area contributed by atoms with Gasteiger partial charge in [-0.05, 0) is 38.4 Å². The molecule has 0 aliphatic carbocycles. The summed E-state index contributed by atoms with van der Waals surface area (Å²) in [6, 6.07) is 0. The number of hydrogen-bond donors (Lipinski definition) is 2. The summed E-state index contributed by atoms with van der Waals surface area (Å²) >= 11 is 0. The molecule has 0 aromatic carbocycles. The van der Waals surface area contributed by atoms with Crippen LogP contribution in [-0.2, 0) is 13.5 Å². The summed E-state index contributed by atoms with van der Waals surface area (Å²) in [5.41, 5.74) is 0.437. The first-order valence-corrected chi connectivity index (χ1v) is 5.94. The fourth-order valence-corrected chi connectivity index (χ4v) is 1.75. The molecule has 4 heteroatoms. The maximum Gasteiger partial charge on any atom is 0.0673 e. The number of aliphatic hydroxyl groups is 1. The zero-order valence-electron chi connectivity index (χ0n) is 10.5. The molecule has 0 saturated carbocycles. The molecule has 1 aromatic heterocycles. The van der Waals surface area contributed by atoms with Gasteiger partial charge in [-0.15, -0.1) is 0 Å². The largest absolute Gasteiger partial charge is 0.390 e. The van der Waals surface area contributed by atoms with Gasteiger partial charge in [0, 0.05) is 19.7 Å². The summed E-state index contributed by atoms with van der Waals surface area (Å²) in [5, 5.41) is 17.6. The van der Waals surface area contributed by atoms with Crippen LogP contribution in [0, 0.1) is 0 Å². The zero-order valence-corrected chi connectivity index (χ0v) is 10.5. The van der Waals surface area contributed by atoms with Crippen molar-refractivity contribution in [2.75, 3.05) is 13.1 Å². The smallest absolute Gasteiger partial charge is 0.0673 e.